The van der Waals surface area contributed by atoms with Crippen molar-refractivity contribution >= 4 is 43.9 Å². The van der Waals surface area contributed by atoms with E-state index in [0.717, 1.165) is 26.4 Å². The highest BCUT2D eigenvalue weighted by Crippen LogP contribution is 2.32. The fourth-order valence-corrected chi connectivity index (χ4v) is 4.42. The first kappa shape index (κ1) is 16.1. The van der Waals surface area contributed by atoms with E-state index in [0.29, 0.717) is 18.1 Å². The number of hydrogen-bond donors (Lipinski definition) is 0. The number of fused-ring (bicyclic) bond motifs is 1. The van der Waals surface area contributed by atoms with Gasteiger partial charge in [0, 0.05) is 4.88 Å². The van der Waals surface area contributed by atoms with Crippen LogP contribution in [0.2, 0.25) is 0 Å². The Hall–Kier alpha value is -2.44. The molecule has 0 unspecified atom stereocenters. The van der Waals surface area contributed by atoms with Gasteiger partial charge in [-0.25, -0.2) is 4.98 Å². The maximum Gasteiger partial charge on any atom is 0.234 e. The minimum Gasteiger partial charge on any atom is -0.467 e. The van der Waals surface area contributed by atoms with Crippen LogP contribution in [0.15, 0.2) is 58.5 Å². The number of carbonyl (C=O) groups excluding carboxylic acids is 1. The van der Waals surface area contributed by atoms with Crippen LogP contribution in [0.1, 0.15) is 16.2 Å². The molecule has 0 aliphatic rings. The average Bonchev–Trinajstić information content (AvgIpc) is 3.34. The van der Waals surface area contributed by atoms with E-state index < -0.39 is 0 Å². The normalized spacial score (nSPS) is 11.1. The highest BCUT2D eigenvalue weighted by Gasteiger charge is 2.22. The summed E-state index contributed by atoms with van der Waals surface area (Å²) in [5, 5.41) is 2.70. The molecule has 3 aromatic heterocycles. The van der Waals surface area contributed by atoms with Gasteiger partial charge in [0.05, 0.1) is 29.4 Å². The van der Waals surface area contributed by atoms with E-state index >= 15 is 0 Å². The molecule has 126 valence electrons. The lowest BCUT2D eigenvalue weighted by Crippen LogP contribution is -2.31. The Kier molecular flexibility index (Phi) is 4.38. The van der Waals surface area contributed by atoms with Crippen molar-refractivity contribution in [1.82, 2.24) is 4.98 Å². The molecular formula is C19H16N2O2S2. The predicted octanol–water partition coefficient (Wildman–Crippen LogP) is 5.04. The molecule has 25 heavy (non-hydrogen) atoms. The van der Waals surface area contributed by atoms with Crippen molar-refractivity contribution in [1.29, 1.82) is 0 Å². The fourth-order valence-electron chi connectivity index (χ4n) is 2.67. The number of rotatable bonds is 5. The van der Waals surface area contributed by atoms with Crippen molar-refractivity contribution in [2.24, 2.45) is 0 Å². The molecule has 6 heteroatoms. The van der Waals surface area contributed by atoms with Crippen molar-refractivity contribution < 1.29 is 9.21 Å². The van der Waals surface area contributed by atoms with Gasteiger partial charge < -0.3 is 4.42 Å². The Morgan fingerprint density at radius 2 is 2.12 bits per heavy atom. The molecule has 0 saturated heterocycles. The number of benzene rings is 1. The van der Waals surface area contributed by atoms with Crippen LogP contribution in [0.4, 0.5) is 5.13 Å². The van der Waals surface area contributed by atoms with Crippen molar-refractivity contribution in [3.05, 3.63) is 70.3 Å². The molecule has 0 aliphatic carbocycles. The second-order valence-corrected chi connectivity index (χ2v) is 7.77. The molecule has 4 nitrogen and oxygen atoms in total. The van der Waals surface area contributed by atoms with E-state index in [1.165, 1.54) is 11.3 Å². The van der Waals surface area contributed by atoms with E-state index in [-0.39, 0.29) is 5.91 Å². The predicted molar refractivity (Wildman–Crippen MR) is 102 cm³/mol. The monoisotopic (exact) mass is 368 g/mol. The summed E-state index contributed by atoms with van der Waals surface area (Å²) < 4.78 is 6.54. The minimum absolute atomic E-state index is 0.0237. The van der Waals surface area contributed by atoms with Gasteiger partial charge in [0.1, 0.15) is 5.76 Å². The van der Waals surface area contributed by atoms with Crippen LogP contribution in [-0.4, -0.2) is 10.9 Å². The molecule has 0 bridgehead atoms. The summed E-state index contributed by atoms with van der Waals surface area (Å²) in [6.45, 7) is 2.42. The fraction of sp³-hybridized carbons (Fsp3) is 0.158. The van der Waals surface area contributed by atoms with Gasteiger partial charge in [0.25, 0.3) is 0 Å². The standard InChI is InChI=1S/C19H16N2O2S2/c1-13-5-2-8-16-18(13)20-19(25-16)21(12-14-6-3-9-23-14)17(22)11-15-7-4-10-24-15/h2-10H,11-12H2,1H3. The summed E-state index contributed by atoms with van der Waals surface area (Å²) >= 11 is 3.13. The zero-order chi connectivity index (χ0) is 17.2. The molecule has 4 rings (SSSR count). The van der Waals surface area contributed by atoms with Crippen LogP contribution in [0.25, 0.3) is 10.2 Å². The third kappa shape index (κ3) is 3.36. The van der Waals surface area contributed by atoms with Gasteiger partial charge >= 0.3 is 0 Å². The Morgan fingerprint density at radius 1 is 1.20 bits per heavy atom. The van der Waals surface area contributed by atoms with Crippen molar-refractivity contribution in [2.45, 2.75) is 19.9 Å². The number of para-hydroxylation sites is 1. The number of thiophene rings is 1. The maximum atomic E-state index is 13.0. The smallest absolute Gasteiger partial charge is 0.234 e. The number of nitrogens with zero attached hydrogens (tertiary/aromatic N) is 2. The van der Waals surface area contributed by atoms with Crippen LogP contribution in [0.3, 0.4) is 0 Å². The number of hydrogen-bond acceptors (Lipinski definition) is 5. The van der Waals surface area contributed by atoms with E-state index in [1.54, 1.807) is 22.5 Å². The topological polar surface area (TPSA) is 46.3 Å². The molecule has 0 radical (unpaired) electrons. The molecular weight excluding hydrogens is 352 g/mol. The Bertz CT molecular complexity index is 988. The lowest BCUT2D eigenvalue weighted by Gasteiger charge is -2.18. The summed E-state index contributed by atoms with van der Waals surface area (Å²) in [6.07, 6.45) is 1.99. The van der Waals surface area contributed by atoms with Gasteiger partial charge in [-0.1, -0.05) is 29.5 Å². The van der Waals surface area contributed by atoms with E-state index in [1.807, 2.05) is 54.8 Å². The zero-order valence-corrected chi connectivity index (χ0v) is 15.3. The number of thiazole rings is 1. The van der Waals surface area contributed by atoms with Gasteiger partial charge in [0.15, 0.2) is 5.13 Å². The van der Waals surface area contributed by atoms with Gasteiger partial charge in [-0.15, -0.1) is 11.3 Å². The quantitative estimate of drug-likeness (QED) is 0.496. The molecule has 0 N–H and O–H groups in total. The van der Waals surface area contributed by atoms with E-state index in [4.69, 9.17) is 9.40 Å². The number of aryl methyl sites for hydroxylation is 1. The Morgan fingerprint density at radius 3 is 2.84 bits per heavy atom. The SMILES string of the molecule is Cc1cccc2sc(N(Cc3ccco3)C(=O)Cc3cccs3)nc12. The van der Waals surface area contributed by atoms with Crippen molar-refractivity contribution in [2.75, 3.05) is 4.90 Å². The Balaban J connectivity index is 1.70. The average molecular weight is 368 g/mol. The van der Waals surface area contributed by atoms with Crippen molar-refractivity contribution in [3.63, 3.8) is 0 Å². The van der Waals surface area contributed by atoms with Crippen LogP contribution in [0, 0.1) is 6.92 Å². The number of aromatic nitrogens is 1. The van der Waals surface area contributed by atoms with E-state index in [9.17, 15) is 4.79 Å². The van der Waals surface area contributed by atoms with Gasteiger partial charge in [-0.3, -0.25) is 9.69 Å². The van der Waals surface area contributed by atoms with Gasteiger partial charge in [-0.05, 0) is 42.1 Å². The number of anilines is 1. The first-order valence-corrected chi connectivity index (χ1v) is 9.61. The molecule has 0 fully saturated rings. The highest BCUT2D eigenvalue weighted by atomic mass is 32.1. The van der Waals surface area contributed by atoms with Crippen LogP contribution < -0.4 is 4.90 Å². The van der Waals surface area contributed by atoms with Crippen LogP contribution in [-0.2, 0) is 17.8 Å². The first-order chi connectivity index (χ1) is 12.2. The van der Waals surface area contributed by atoms with Crippen molar-refractivity contribution in [3.8, 4) is 0 Å². The Labute approximate surface area is 153 Å². The summed E-state index contributed by atoms with van der Waals surface area (Å²) in [6, 6.07) is 13.8. The lowest BCUT2D eigenvalue weighted by molar-refractivity contribution is -0.118. The number of furan rings is 1. The number of amides is 1. The summed E-state index contributed by atoms with van der Waals surface area (Å²) in [5.74, 6) is 0.770. The summed E-state index contributed by atoms with van der Waals surface area (Å²) in [4.78, 5) is 20.5. The second kappa shape index (κ2) is 6.82. The lowest BCUT2D eigenvalue weighted by atomic mass is 10.2. The largest absolute Gasteiger partial charge is 0.467 e. The molecule has 1 aromatic carbocycles. The highest BCUT2D eigenvalue weighted by molar-refractivity contribution is 7.22. The minimum atomic E-state index is 0.0237. The summed E-state index contributed by atoms with van der Waals surface area (Å²) in [5.41, 5.74) is 2.07. The molecule has 0 saturated carbocycles. The number of carbonyl (C=O) groups is 1. The summed E-state index contributed by atoms with van der Waals surface area (Å²) in [7, 11) is 0. The van der Waals surface area contributed by atoms with Gasteiger partial charge in [-0.2, -0.15) is 0 Å². The first-order valence-electron chi connectivity index (χ1n) is 7.92. The molecule has 0 spiro atoms. The van der Waals surface area contributed by atoms with Crippen LogP contribution >= 0.6 is 22.7 Å². The molecule has 1 amide bonds. The molecule has 0 atom stereocenters. The molecule has 0 aliphatic heterocycles. The maximum absolute atomic E-state index is 13.0. The van der Waals surface area contributed by atoms with E-state index in [2.05, 4.69) is 0 Å². The van der Waals surface area contributed by atoms with Gasteiger partial charge in [0.2, 0.25) is 5.91 Å². The third-order valence-corrected chi connectivity index (χ3v) is 5.86. The second-order valence-electron chi connectivity index (χ2n) is 5.73. The molecule has 4 aromatic rings. The van der Waals surface area contributed by atoms with Crippen LogP contribution in [0.5, 0.6) is 0 Å². The zero-order valence-electron chi connectivity index (χ0n) is 13.6. The third-order valence-electron chi connectivity index (χ3n) is 3.94. The molecule has 3 heterocycles.